The van der Waals surface area contributed by atoms with Gasteiger partial charge in [0, 0.05) is 58.9 Å². The van der Waals surface area contributed by atoms with Crippen LogP contribution in [-0.2, 0) is 4.79 Å². The number of nitrogens with two attached hydrogens (primary N) is 1. The Labute approximate surface area is 128 Å². The quantitative estimate of drug-likeness (QED) is 0.362. The van der Waals surface area contributed by atoms with E-state index in [1.54, 1.807) is 0 Å². The monoisotopic (exact) mass is 300 g/mol. The highest BCUT2D eigenvalue weighted by Crippen LogP contribution is 1.89. The van der Waals surface area contributed by atoms with Crippen LogP contribution < -0.4 is 27.0 Å². The van der Waals surface area contributed by atoms with E-state index in [1.807, 2.05) is 0 Å². The molecule has 0 saturated carbocycles. The SMILES string of the molecule is NCCCCNC(=O)CN1CCNCCNCCNCC1. The zero-order valence-electron chi connectivity index (χ0n) is 13.1. The molecule has 0 aromatic carbocycles. The van der Waals surface area contributed by atoms with E-state index in [0.29, 0.717) is 13.1 Å². The van der Waals surface area contributed by atoms with Gasteiger partial charge in [0.25, 0.3) is 0 Å². The molecule has 1 aliphatic heterocycles. The van der Waals surface area contributed by atoms with Crippen LogP contribution in [0.15, 0.2) is 0 Å². The van der Waals surface area contributed by atoms with Gasteiger partial charge in [-0.1, -0.05) is 0 Å². The molecule has 0 radical (unpaired) electrons. The van der Waals surface area contributed by atoms with Gasteiger partial charge in [-0.3, -0.25) is 9.69 Å². The lowest BCUT2D eigenvalue weighted by Crippen LogP contribution is -2.45. The fraction of sp³-hybridized carbons (Fsp3) is 0.929. The molecule has 0 atom stereocenters. The van der Waals surface area contributed by atoms with Crippen LogP contribution in [0.1, 0.15) is 12.8 Å². The first-order valence-electron chi connectivity index (χ1n) is 8.14. The second kappa shape index (κ2) is 13.0. The molecule has 0 aromatic heterocycles. The number of hydrogen-bond donors (Lipinski definition) is 5. The van der Waals surface area contributed by atoms with Crippen LogP contribution in [0.5, 0.6) is 0 Å². The van der Waals surface area contributed by atoms with Gasteiger partial charge >= 0.3 is 0 Å². The fourth-order valence-corrected chi connectivity index (χ4v) is 2.23. The third-order valence-corrected chi connectivity index (χ3v) is 3.49. The lowest BCUT2D eigenvalue weighted by atomic mass is 10.3. The van der Waals surface area contributed by atoms with Crippen molar-refractivity contribution in [2.45, 2.75) is 12.8 Å². The van der Waals surface area contributed by atoms with Crippen molar-refractivity contribution in [3.8, 4) is 0 Å². The van der Waals surface area contributed by atoms with Crippen molar-refractivity contribution in [2.24, 2.45) is 5.73 Å². The number of carbonyl (C=O) groups is 1. The summed E-state index contributed by atoms with van der Waals surface area (Å²) in [5.41, 5.74) is 5.44. The predicted molar refractivity (Wildman–Crippen MR) is 86.3 cm³/mol. The molecule has 1 amide bonds. The van der Waals surface area contributed by atoms with E-state index < -0.39 is 0 Å². The second-order valence-corrected chi connectivity index (χ2v) is 5.37. The molecule has 1 rings (SSSR count). The number of carbonyl (C=O) groups excluding carboxylic acids is 1. The molecule has 0 aromatic rings. The smallest absolute Gasteiger partial charge is 0.234 e. The van der Waals surface area contributed by atoms with Crippen molar-refractivity contribution in [3.05, 3.63) is 0 Å². The minimum atomic E-state index is 0.112. The maximum absolute atomic E-state index is 11.9. The third kappa shape index (κ3) is 10.6. The van der Waals surface area contributed by atoms with Gasteiger partial charge in [0.2, 0.25) is 5.91 Å². The van der Waals surface area contributed by atoms with Gasteiger partial charge in [-0.25, -0.2) is 0 Å². The highest BCUT2D eigenvalue weighted by atomic mass is 16.2. The van der Waals surface area contributed by atoms with Gasteiger partial charge < -0.3 is 27.0 Å². The summed E-state index contributed by atoms with van der Waals surface area (Å²) in [5, 5.41) is 13.1. The fourth-order valence-electron chi connectivity index (χ4n) is 2.23. The zero-order valence-corrected chi connectivity index (χ0v) is 13.1. The summed E-state index contributed by atoms with van der Waals surface area (Å²) in [6.45, 7) is 9.45. The molecule has 6 N–H and O–H groups in total. The highest BCUT2D eigenvalue weighted by molar-refractivity contribution is 5.77. The van der Waals surface area contributed by atoms with Gasteiger partial charge in [0.05, 0.1) is 6.54 Å². The molecule has 21 heavy (non-hydrogen) atoms. The summed E-state index contributed by atoms with van der Waals surface area (Å²) >= 11 is 0. The van der Waals surface area contributed by atoms with Crippen LogP contribution in [-0.4, -0.2) is 82.8 Å². The molecular weight excluding hydrogens is 268 g/mol. The Morgan fingerprint density at radius 3 is 2.10 bits per heavy atom. The Morgan fingerprint density at radius 1 is 0.952 bits per heavy atom. The maximum atomic E-state index is 11.9. The molecule has 1 fully saturated rings. The normalized spacial score (nSPS) is 19.5. The minimum absolute atomic E-state index is 0.112. The Morgan fingerprint density at radius 2 is 1.52 bits per heavy atom. The number of hydrogen-bond acceptors (Lipinski definition) is 6. The first kappa shape index (κ1) is 18.3. The van der Waals surface area contributed by atoms with Crippen molar-refractivity contribution in [3.63, 3.8) is 0 Å². The summed E-state index contributed by atoms with van der Waals surface area (Å²) in [5.74, 6) is 0.112. The minimum Gasteiger partial charge on any atom is -0.355 e. The Kier molecular flexibility index (Phi) is 11.3. The molecule has 1 aliphatic rings. The Bertz CT molecular complexity index is 252. The molecule has 0 bridgehead atoms. The number of amides is 1. The van der Waals surface area contributed by atoms with Gasteiger partial charge in [-0.05, 0) is 19.4 Å². The molecule has 1 saturated heterocycles. The summed E-state index contributed by atoms with van der Waals surface area (Å²) in [6, 6.07) is 0. The van der Waals surface area contributed by atoms with Gasteiger partial charge in [0.15, 0.2) is 0 Å². The Hall–Kier alpha value is -0.730. The van der Waals surface area contributed by atoms with Crippen LogP contribution in [0.3, 0.4) is 0 Å². The van der Waals surface area contributed by atoms with E-state index in [1.165, 1.54) is 0 Å². The van der Waals surface area contributed by atoms with Crippen molar-refractivity contribution in [2.75, 3.05) is 72.0 Å². The van der Waals surface area contributed by atoms with E-state index in [0.717, 1.165) is 71.7 Å². The van der Waals surface area contributed by atoms with Crippen molar-refractivity contribution < 1.29 is 4.79 Å². The van der Waals surface area contributed by atoms with Crippen LogP contribution in [0, 0.1) is 0 Å². The predicted octanol–water partition coefficient (Wildman–Crippen LogP) is -2.07. The number of unbranched alkanes of at least 4 members (excludes halogenated alkanes) is 1. The van der Waals surface area contributed by atoms with E-state index in [-0.39, 0.29) is 5.91 Å². The molecule has 0 unspecified atom stereocenters. The van der Waals surface area contributed by atoms with Gasteiger partial charge in [-0.15, -0.1) is 0 Å². The van der Waals surface area contributed by atoms with Crippen molar-refractivity contribution in [1.29, 1.82) is 0 Å². The molecular formula is C14H32N6O. The molecule has 1 heterocycles. The van der Waals surface area contributed by atoms with Crippen LogP contribution in [0.2, 0.25) is 0 Å². The first-order chi connectivity index (χ1) is 10.3. The topological polar surface area (TPSA) is 94.5 Å². The molecule has 0 spiro atoms. The van der Waals surface area contributed by atoms with Crippen molar-refractivity contribution in [1.82, 2.24) is 26.2 Å². The summed E-state index contributed by atoms with van der Waals surface area (Å²) in [7, 11) is 0. The Balaban J connectivity index is 2.22. The third-order valence-electron chi connectivity index (χ3n) is 3.49. The van der Waals surface area contributed by atoms with Gasteiger partial charge in [-0.2, -0.15) is 0 Å². The first-order valence-corrected chi connectivity index (χ1v) is 8.14. The lowest BCUT2D eigenvalue weighted by molar-refractivity contribution is -0.122. The molecule has 124 valence electrons. The van der Waals surface area contributed by atoms with E-state index >= 15 is 0 Å². The number of nitrogens with zero attached hydrogens (tertiary/aromatic N) is 1. The van der Waals surface area contributed by atoms with Crippen LogP contribution in [0.25, 0.3) is 0 Å². The maximum Gasteiger partial charge on any atom is 0.234 e. The zero-order chi connectivity index (χ0) is 15.2. The van der Waals surface area contributed by atoms with E-state index in [4.69, 9.17) is 5.73 Å². The van der Waals surface area contributed by atoms with E-state index in [2.05, 4.69) is 26.2 Å². The average molecular weight is 300 g/mol. The summed E-state index contributed by atoms with van der Waals surface area (Å²) in [4.78, 5) is 14.1. The molecule has 7 nitrogen and oxygen atoms in total. The molecule has 7 heteroatoms. The van der Waals surface area contributed by atoms with Crippen LogP contribution in [0.4, 0.5) is 0 Å². The lowest BCUT2D eigenvalue weighted by Gasteiger charge is -2.23. The van der Waals surface area contributed by atoms with Crippen LogP contribution >= 0.6 is 0 Å². The standard InChI is InChI=1S/C14H32N6O/c15-3-1-2-4-19-14(21)13-20-11-9-17-7-5-16-6-8-18-10-12-20/h16-18H,1-13,15H2,(H,19,21). The van der Waals surface area contributed by atoms with E-state index in [9.17, 15) is 4.79 Å². The van der Waals surface area contributed by atoms with Crippen molar-refractivity contribution >= 4 is 5.91 Å². The largest absolute Gasteiger partial charge is 0.355 e. The average Bonchev–Trinajstić information content (AvgIpc) is 2.46. The number of rotatable bonds is 6. The second-order valence-electron chi connectivity index (χ2n) is 5.37. The van der Waals surface area contributed by atoms with Gasteiger partial charge in [0.1, 0.15) is 0 Å². The number of nitrogens with one attached hydrogen (secondary N) is 4. The molecule has 0 aliphatic carbocycles. The summed E-state index contributed by atoms with van der Waals surface area (Å²) in [6.07, 6.45) is 1.92. The summed E-state index contributed by atoms with van der Waals surface area (Å²) < 4.78 is 0. The highest BCUT2D eigenvalue weighted by Gasteiger charge is 2.10.